The normalized spacial score (nSPS) is 11.7. The van der Waals surface area contributed by atoms with Crippen LogP contribution in [0, 0.1) is 13.8 Å². The minimum Gasteiger partial charge on any atom is -0.357 e. The highest BCUT2D eigenvalue weighted by Crippen LogP contribution is 2.16. The van der Waals surface area contributed by atoms with Crippen LogP contribution >= 0.6 is 0 Å². The van der Waals surface area contributed by atoms with Crippen LogP contribution in [0.2, 0.25) is 0 Å². The van der Waals surface area contributed by atoms with E-state index in [4.69, 9.17) is 0 Å². The van der Waals surface area contributed by atoms with Crippen LogP contribution in [0.3, 0.4) is 0 Å². The van der Waals surface area contributed by atoms with Crippen molar-refractivity contribution in [1.82, 2.24) is 10.2 Å². The van der Waals surface area contributed by atoms with E-state index < -0.39 is 6.04 Å². The Kier molecular flexibility index (Phi) is 7.59. The van der Waals surface area contributed by atoms with Crippen LogP contribution < -0.4 is 5.32 Å². The Labute approximate surface area is 162 Å². The van der Waals surface area contributed by atoms with E-state index in [1.165, 1.54) is 5.56 Å². The van der Waals surface area contributed by atoms with Crippen LogP contribution in [-0.2, 0) is 22.6 Å². The summed E-state index contributed by atoms with van der Waals surface area (Å²) >= 11 is 0. The molecule has 0 aliphatic carbocycles. The summed E-state index contributed by atoms with van der Waals surface area (Å²) in [7, 11) is 1.62. The Hall–Kier alpha value is -2.62. The van der Waals surface area contributed by atoms with E-state index >= 15 is 0 Å². The first kappa shape index (κ1) is 20.7. The predicted molar refractivity (Wildman–Crippen MR) is 109 cm³/mol. The summed E-state index contributed by atoms with van der Waals surface area (Å²) in [6.45, 7) is 6.47. The van der Waals surface area contributed by atoms with Crippen molar-refractivity contribution in [3.63, 3.8) is 0 Å². The highest BCUT2D eigenvalue weighted by Gasteiger charge is 2.27. The molecule has 0 bridgehead atoms. The molecule has 1 atom stereocenters. The molecule has 0 aromatic heterocycles. The SMILES string of the molecule is CC[C@@H](C(=O)NC)N(Cc1cccc(C)c1)C(=O)CCc1ccc(C)cc1. The van der Waals surface area contributed by atoms with Gasteiger partial charge >= 0.3 is 0 Å². The zero-order chi connectivity index (χ0) is 19.8. The van der Waals surface area contributed by atoms with Crippen LogP contribution in [0.15, 0.2) is 48.5 Å². The van der Waals surface area contributed by atoms with E-state index in [9.17, 15) is 9.59 Å². The van der Waals surface area contributed by atoms with Crippen molar-refractivity contribution < 1.29 is 9.59 Å². The predicted octanol–water partition coefficient (Wildman–Crippen LogP) is 3.79. The topological polar surface area (TPSA) is 49.4 Å². The first-order valence-electron chi connectivity index (χ1n) is 9.56. The lowest BCUT2D eigenvalue weighted by Crippen LogP contribution is -2.48. The number of rotatable bonds is 8. The maximum atomic E-state index is 13.0. The van der Waals surface area contributed by atoms with Gasteiger partial charge in [0.1, 0.15) is 6.04 Å². The molecular formula is C23H30N2O2. The third-order valence-electron chi connectivity index (χ3n) is 4.82. The van der Waals surface area contributed by atoms with Gasteiger partial charge in [-0.1, -0.05) is 66.6 Å². The van der Waals surface area contributed by atoms with Crippen LogP contribution in [-0.4, -0.2) is 29.8 Å². The van der Waals surface area contributed by atoms with Gasteiger partial charge in [-0.3, -0.25) is 9.59 Å². The lowest BCUT2D eigenvalue weighted by molar-refractivity contribution is -0.141. The van der Waals surface area contributed by atoms with Gasteiger partial charge in [0, 0.05) is 20.0 Å². The van der Waals surface area contributed by atoms with Gasteiger partial charge in [0.05, 0.1) is 0 Å². The maximum Gasteiger partial charge on any atom is 0.242 e. The molecular weight excluding hydrogens is 336 g/mol. The van der Waals surface area contributed by atoms with Gasteiger partial charge in [0.15, 0.2) is 0 Å². The van der Waals surface area contributed by atoms with Crippen molar-refractivity contribution >= 4 is 11.8 Å². The molecule has 0 fully saturated rings. The van der Waals surface area contributed by atoms with Crippen LogP contribution in [0.4, 0.5) is 0 Å². The van der Waals surface area contributed by atoms with Crippen molar-refractivity contribution in [2.24, 2.45) is 0 Å². The molecule has 2 aromatic rings. The number of hydrogen-bond donors (Lipinski definition) is 1. The quantitative estimate of drug-likeness (QED) is 0.773. The molecule has 0 heterocycles. The molecule has 1 N–H and O–H groups in total. The number of carbonyl (C=O) groups excluding carboxylic acids is 2. The highest BCUT2D eigenvalue weighted by molar-refractivity contribution is 5.87. The van der Waals surface area contributed by atoms with Gasteiger partial charge in [0.2, 0.25) is 11.8 Å². The van der Waals surface area contributed by atoms with Gasteiger partial charge < -0.3 is 10.2 Å². The van der Waals surface area contributed by atoms with Gasteiger partial charge in [-0.15, -0.1) is 0 Å². The third-order valence-corrected chi connectivity index (χ3v) is 4.82. The largest absolute Gasteiger partial charge is 0.357 e. The maximum absolute atomic E-state index is 13.0. The Balaban J connectivity index is 2.17. The summed E-state index contributed by atoms with van der Waals surface area (Å²) in [5.74, 6) is -0.110. The Morgan fingerprint density at radius 1 is 1.00 bits per heavy atom. The smallest absolute Gasteiger partial charge is 0.242 e. The van der Waals surface area contributed by atoms with Crippen molar-refractivity contribution in [1.29, 1.82) is 0 Å². The molecule has 2 aromatic carbocycles. The summed E-state index contributed by atoms with van der Waals surface area (Å²) in [4.78, 5) is 27.1. The van der Waals surface area contributed by atoms with Crippen LogP contribution in [0.5, 0.6) is 0 Å². The number of carbonyl (C=O) groups is 2. The van der Waals surface area contributed by atoms with Crippen LogP contribution in [0.25, 0.3) is 0 Å². The number of amides is 2. The average Bonchev–Trinajstić information content (AvgIpc) is 2.67. The minimum atomic E-state index is -0.457. The van der Waals surface area contributed by atoms with Gasteiger partial charge in [0.25, 0.3) is 0 Å². The fraction of sp³-hybridized carbons (Fsp3) is 0.391. The van der Waals surface area contributed by atoms with Crippen LogP contribution in [0.1, 0.15) is 42.0 Å². The number of benzene rings is 2. The van der Waals surface area contributed by atoms with E-state index in [-0.39, 0.29) is 11.8 Å². The monoisotopic (exact) mass is 366 g/mol. The van der Waals surface area contributed by atoms with Gasteiger partial charge in [-0.05, 0) is 37.8 Å². The number of nitrogens with one attached hydrogen (secondary N) is 1. The van der Waals surface area contributed by atoms with Crippen molar-refractivity contribution in [2.45, 2.75) is 52.6 Å². The van der Waals surface area contributed by atoms with E-state index in [1.54, 1.807) is 11.9 Å². The summed E-state index contributed by atoms with van der Waals surface area (Å²) in [5.41, 5.74) is 4.53. The van der Waals surface area contributed by atoms with E-state index in [2.05, 4.69) is 35.6 Å². The first-order valence-corrected chi connectivity index (χ1v) is 9.56. The molecule has 27 heavy (non-hydrogen) atoms. The Morgan fingerprint density at radius 3 is 2.30 bits per heavy atom. The molecule has 144 valence electrons. The Bertz CT molecular complexity index is 768. The number of aryl methyl sites for hydroxylation is 3. The number of hydrogen-bond acceptors (Lipinski definition) is 2. The Morgan fingerprint density at radius 2 is 1.70 bits per heavy atom. The lowest BCUT2D eigenvalue weighted by atomic mass is 10.0. The molecule has 0 aliphatic heterocycles. The molecule has 0 unspecified atom stereocenters. The van der Waals surface area contributed by atoms with Crippen molar-refractivity contribution in [2.75, 3.05) is 7.05 Å². The number of likely N-dealkylation sites (N-methyl/N-ethyl adjacent to an activating group) is 1. The highest BCUT2D eigenvalue weighted by atomic mass is 16.2. The second kappa shape index (κ2) is 9.91. The van der Waals surface area contributed by atoms with Crippen molar-refractivity contribution in [3.8, 4) is 0 Å². The summed E-state index contributed by atoms with van der Waals surface area (Å²) in [5, 5.41) is 2.70. The summed E-state index contributed by atoms with van der Waals surface area (Å²) < 4.78 is 0. The molecule has 0 saturated carbocycles. The third kappa shape index (κ3) is 5.95. The molecule has 0 saturated heterocycles. The average molecular weight is 367 g/mol. The fourth-order valence-electron chi connectivity index (χ4n) is 3.24. The number of nitrogens with zero attached hydrogens (tertiary/aromatic N) is 1. The first-order chi connectivity index (χ1) is 12.9. The molecule has 0 radical (unpaired) electrons. The molecule has 2 amide bonds. The second-order valence-corrected chi connectivity index (χ2v) is 7.03. The summed E-state index contributed by atoms with van der Waals surface area (Å²) in [6, 6.07) is 15.9. The minimum absolute atomic E-state index is 0.00697. The zero-order valence-electron chi connectivity index (χ0n) is 16.8. The van der Waals surface area contributed by atoms with Gasteiger partial charge in [-0.25, -0.2) is 0 Å². The molecule has 0 aliphatic rings. The van der Waals surface area contributed by atoms with Gasteiger partial charge in [-0.2, -0.15) is 0 Å². The molecule has 4 nitrogen and oxygen atoms in total. The molecule has 2 rings (SSSR count). The molecule has 0 spiro atoms. The van der Waals surface area contributed by atoms with Crippen molar-refractivity contribution in [3.05, 3.63) is 70.8 Å². The standard InChI is InChI=1S/C23H30N2O2/c1-5-21(23(27)24-4)25(16-20-8-6-7-18(3)15-20)22(26)14-13-19-11-9-17(2)10-12-19/h6-12,15,21H,5,13-14,16H2,1-4H3,(H,24,27)/t21-/m0/s1. The fourth-order valence-corrected chi connectivity index (χ4v) is 3.24. The van der Waals surface area contributed by atoms with E-state index in [0.29, 0.717) is 25.8 Å². The zero-order valence-corrected chi connectivity index (χ0v) is 16.8. The lowest BCUT2D eigenvalue weighted by Gasteiger charge is -2.30. The molecule has 4 heteroatoms. The summed E-state index contributed by atoms with van der Waals surface area (Å²) in [6.07, 6.45) is 1.65. The second-order valence-electron chi connectivity index (χ2n) is 7.03. The van der Waals surface area contributed by atoms with E-state index in [1.807, 2.05) is 39.0 Å². The van der Waals surface area contributed by atoms with E-state index in [0.717, 1.165) is 16.7 Å².